The summed E-state index contributed by atoms with van der Waals surface area (Å²) in [4.78, 5) is 18.8. The number of urea groups is 1. The lowest BCUT2D eigenvalue weighted by Gasteiger charge is -2.31. The molecule has 0 spiro atoms. The van der Waals surface area contributed by atoms with E-state index in [0.29, 0.717) is 25.1 Å². The van der Waals surface area contributed by atoms with E-state index in [1.165, 1.54) is 19.3 Å². The molecule has 0 bridgehead atoms. The zero-order chi connectivity index (χ0) is 15.4. The third-order valence-corrected chi connectivity index (χ3v) is 4.53. The Hall–Kier alpha value is -1.78. The number of hydrogen-bond acceptors (Lipinski definition) is 3. The number of amides is 2. The second-order valence-corrected chi connectivity index (χ2v) is 6.14. The summed E-state index contributed by atoms with van der Waals surface area (Å²) in [6.07, 6.45) is 6.81. The second-order valence-electron chi connectivity index (χ2n) is 6.14. The molecule has 1 aliphatic heterocycles. The van der Waals surface area contributed by atoms with Crippen LogP contribution in [0.1, 0.15) is 50.3 Å². The minimum atomic E-state index is 0.0754. The Labute approximate surface area is 132 Å². The molecule has 1 aliphatic carbocycles. The zero-order valence-corrected chi connectivity index (χ0v) is 13.3. The van der Waals surface area contributed by atoms with Crippen molar-refractivity contribution in [2.75, 3.05) is 13.2 Å². The van der Waals surface area contributed by atoms with E-state index in [4.69, 9.17) is 4.74 Å². The molecule has 3 rings (SSSR count). The molecule has 22 heavy (non-hydrogen) atoms. The van der Waals surface area contributed by atoms with Crippen molar-refractivity contribution in [3.05, 3.63) is 23.4 Å². The van der Waals surface area contributed by atoms with Crippen LogP contribution in [0.3, 0.4) is 0 Å². The van der Waals surface area contributed by atoms with Gasteiger partial charge in [0.1, 0.15) is 0 Å². The van der Waals surface area contributed by atoms with Crippen LogP contribution in [0, 0.1) is 0 Å². The molecule has 1 fully saturated rings. The van der Waals surface area contributed by atoms with Crippen LogP contribution in [-0.4, -0.2) is 35.1 Å². The van der Waals surface area contributed by atoms with Crippen molar-refractivity contribution >= 4 is 6.03 Å². The van der Waals surface area contributed by atoms with Crippen LogP contribution in [-0.2, 0) is 13.0 Å². The Bertz CT molecular complexity index is 527. The van der Waals surface area contributed by atoms with Gasteiger partial charge < -0.3 is 15.0 Å². The van der Waals surface area contributed by atoms with Gasteiger partial charge in [-0.2, -0.15) is 0 Å². The van der Waals surface area contributed by atoms with Crippen molar-refractivity contribution in [3.63, 3.8) is 0 Å². The molecule has 0 atom stereocenters. The van der Waals surface area contributed by atoms with Crippen molar-refractivity contribution in [1.82, 2.24) is 15.2 Å². The maximum absolute atomic E-state index is 12.4. The third-order valence-electron chi connectivity index (χ3n) is 4.53. The fraction of sp³-hybridized carbons (Fsp3) is 0.647. The van der Waals surface area contributed by atoms with Gasteiger partial charge in [-0.15, -0.1) is 0 Å². The first-order valence-electron chi connectivity index (χ1n) is 8.43. The van der Waals surface area contributed by atoms with Gasteiger partial charge in [0.15, 0.2) is 0 Å². The second kappa shape index (κ2) is 6.99. The summed E-state index contributed by atoms with van der Waals surface area (Å²) >= 11 is 0. The van der Waals surface area contributed by atoms with Crippen molar-refractivity contribution in [2.45, 2.75) is 58.0 Å². The maximum atomic E-state index is 12.4. The highest BCUT2D eigenvalue weighted by Gasteiger charge is 2.24. The molecule has 1 aromatic rings. The zero-order valence-electron chi connectivity index (χ0n) is 13.3. The Balaban J connectivity index is 1.59. The van der Waals surface area contributed by atoms with E-state index in [2.05, 4.69) is 10.3 Å². The summed E-state index contributed by atoms with van der Waals surface area (Å²) in [7, 11) is 0. The Morgan fingerprint density at radius 3 is 2.95 bits per heavy atom. The SMILES string of the molecule is CCOc1ccc2c(n1)CCN(C(=O)NC1CCCCC1)C2. The monoisotopic (exact) mass is 303 g/mol. The van der Waals surface area contributed by atoms with Gasteiger partial charge in [0, 0.05) is 31.6 Å². The van der Waals surface area contributed by atoms with E-state index in [1.807, 2.05) is 24.0 Å². The number of pyridine rings is 1. The largest absolute Gasteiger partial charge is 0.478 e. The molecule has 0 radical (unpaired) electrons. The number of nitrogens with zero attached hydrogens (tertiary/aromatic N) is 2. The predicted molar refractivity (Wildman–Crippen MR) is 84.9 cm³/mol. The minimum Gasteiger partial charge on any atom is -0.478 e. The van der Waals surface area contributed by atoms with E-state index in [-0.39, 0.29) is 6.03 Å². The maximum Gasteiger partial charge on any atom is 0.317 e. The molecule has 2 heterocycles. The molecule has 0 unspecified atom stereocenters. The number of carbonyl (C=O) groups excluding carboxylic acids is 1. The minimum absolute atomic E-state index is 0.0754. The number of hydrogen-bond donors (Lipinski definition) is 1. The molecule has 1 saturated carbocycles. The number of carbonyl (C=O) groups is 1. The first-order valence-corrected chi connectivity index (χ1v) is 8.43. The highest BCUT2D eigenvalue weighted by Crippen LogP contribution is 2.22. The Kier molecular flexibility index (Phi) is 4.80. The average molecular weight is 303 g/mol. The summed E-state index contributed by atoms with van der Waals surface area (Å²) in [6.45, 7) is 3.96. The lowest BCUT2D eigenvalue weighted by atomic mass is 9.95. The molecule has 0 saturated heterocycles. The molecule has 0 aromatic carbocycles. The highest BCUT2D eigenvalue weighted by atomic mass is 16.5. The Morgan fingerprint density at radius 2 is 2.18 bits per heavy atom. The van der Waals surface area contributed by atoms with E-state index in [9.17, 15) is 4.79 Å². The normalized spacial score (nSPS) is 18.7. The van der Waals surface area contributed by atoms with Gasteiger partial charge in [-0.05, 0) is 25.3 Å². The lowest BCUT2D eigenvalue weighted by Crippen LogP contribution is -2.47. The summed E-state index contributed by atoms with van der Waals surface area (Å²) in [5.74, 6) is 0.682. The quantitative estimate of drug-likeness (QED) is 0.934. The lowest BCUT2D eigenvalue weighted by molar-refractivity contribution is 0.184. The van der Waals surface area contributed by atoms with E-state index < -0.39 is 0 Å². The summed E-state index contributed by atoms with van der Waals surface area (Å²) in [5, 5.41) is 3.19. The van der Waals surface area contributed by atoms with E-state index >= 15 is 0 Å². The van der Waals surface area contributed by atoms with Crippen molar-refractivity contribution in [1.29, 1.82) is 0 Å². The number of rotatable bonds is 3. The number of aromatic nitrogens is 1. The predicted octanol–water partition coefficient (Wildman–Crippen LogP) is 2.88. The molecular weight excluding hydrogens is 278 g/mol. The van der Waals surface area contributed by atoms with Gasteiger partial charge >= 0.3 is 6.03 Å². The fourth-order valence-electron chi connectivity index (χ4n) is 3.31. The van der Waals surface area contributed by atoms with Crippen LogP contribution in [0.2, 0.25) is 0 Å². The van der Waals surface area contributed by atoms with Crippen molar-refractivity contribution in [2.24, 2.45) is 0 Å². The third kappa shape index (κ3) is 3.51. The van der Waals surface area contributed by atoms with E-state index in [1.54, 1.807) is 0 Å². The van der Waals surface area contributed by atoms with Crippen LogP contribution in [0.15, 0.2) is 12.1 Å². The number of fused-ring (bicyclic) bond motifs is 1. The average Bonchev–Trinajstić information content (AvgIpc) is 2.55. The topological polar surface area (TPSA) is 54.5 Å². The summed E-state index contributed by atoms with van der Waals surface area (Å²) < 4.78 is 5.44. The first-order chi connectivity index (χ1) is 10.8. The van der Waals surface area contributed by atoms with Gasteiger partial charge in [-0.3, -0.25) is 0 Å². The molecule has 120 valence electrons. The van der Waals surface area contributed by atoms with Gasteiger partial charge in [0.25, 0.3) is 0 Å². The molecule has 2 amide bonds. The van der Waals surface area contributed by atoms with Crippen LogP contribution >= 0.6 is 0 Å². The van der Waals surface area contributed by atoms with Crippen LogP contribution in [0.25, 0.3) is 0 Å². The molecule has 1 aromatic heterocycles. The summed E-state index contributed by atoms with van der Waals surface area (Å²) in [5.41, 5.74) is 2.20. The molecule has 2 aliphatic rings. The number of nitrogens with one attached hydrogen (secondary N) is 1. The van der Waals surface area contributed by atoms with Crippen molar-refractivity contribution < 1.29 is 9.53 Å². The molecule has 5 nitrogen and oxygen atoms in total. The fourth-order valence-corrected chi connectivity index (χ4v) is 3.31. The van der Waals surface area contributed by atoms with Gasteiger partial charge in [0.05, 0.1) is 12.3 Å². The first kappa shape index (κ1) is 15.1. The van der Waals surface area contributed by atoms with Gasteiger partial charge in [-0.1, -0.05) is 25.3 Å². The standard InChI is InChI=1S/C17H25N3O2/c1-2-22-16-9-8-13-12-20(11-10-15(13)19-16)17(21)18-14-6-4-3-5-7-14/h8-9,14H,2-7,10-12H2,1H3,(H,18,21). The Morgan fingerprint density at radius 1 is 1.36 bits per heavy atom. The highest BCUT2D eigenvalue weighted by molar-refractivity contribution is 5.74. The molecule has 1 N–H and O–H groups in total. The number of ether oxygens (including phenoxy) is 1. The van der Waals surface area contributed by atoms with Gasteiger partial charge in [-0.25, -0.2) is 9.78 Å². The van der Waals surface area contributed by atoms with Crippen molar-refractivity contribution in [3.8, 4) is 5.88 Å². The van der Waals surface area contributed by atoms with Crippen LogP contribution in [0.5, 0.6) is 5.88 Å². The van der Waals surface area contributed by atoms with E-state index in [0.717, 1.165) is 37.1 Å². The molecule has 5 heteroatoms. The molecular formula is C17H25N3O2. The van der Waals surface area contributed by atoms with Crippen LogP contribution < -0.4 is 10.1 Å². The summed E-state index contributed by atoms with van der Waals surface area (Å²) in [6, 6.07) is 4.37. The van der Waals surface area contributed by atoms with Crippen LogP contribution in [0.4, 0.5) is 4.79 Å². The smallest absolute Gasteiger partial charge is 0.317 e. The van der Waals surface area contributed by atoms with Gasteiger partial charge in [0.2, 0.25) is 5.88 Å².